The van der Waals surface area contributed by atoms with Gasteiger partial charge in [-0.1, -0.05) is 54.1 Å². The maximum atomic E-state index is 12.8. The summed E-state index contributed by atoms with van der Waals surface area (Å²) in [5.41, 5.74) is 1.24. The van der Waals surface area contributed by atoms with Crippen LogP contribution in [0.3, 0.4) is 0 Å². The zero-order valence-electron chi connectivity index (χ0n) is 13.9. The number of nitrogens with zero attached hydrogens (tertiary/aromatic N) is 3. The minimum Gasteiger partial charge on any atom is -0.596 e. The number of anilines is 1. The third kappa shape index (κ3) is 3.31. The van der Waals surface area contributed by atoms with Gasteiger partial charge in [0.2, 0.25) is 0 Å². The van der Waals surface area contributed by atoms with E-state index in [9.17, 15) is 9.35 Å². The number of hydrogen-bond acceptors (Lipinski definition) is 5. The Morgan fingerprint density at radius 3 is 2.85 bits per heavy atom. The first-order valence-corrected chi connectivity index (χ1v) is 9.87. The number of aromatic amines is 1. The van der Waals surface area contributed by atoms with Crippen molar-refractivity contribution in [3.8, 4) is 0 Å². The predicted molar refractivity (Wildman–Crippen MR) is 105 cm³/mol. The van der Waals surface area contributed by atoms with E-state index in [2.05, 4.69) is 34.5 Å². The second-order valence-electron chi connectivity index (χ2n) is 6.11. The SMILES string of the molecule is O=c1[nH]ncc(N2CCN(Cc3cccc4ccccc34)[S+]([O-])C2)c1Cl. The van der Waals surface area contributed by atoms with Crippen molar-refractivity contribution < 1.29 is 4.55 Å². The number of halogens is 1. The average molecular weight is 389 g/mol. The highest BCUT2D eigenvalue weighted by atomic mass is 35.5. The summed E-state index contributed by atoms with van der Waals surface area (Å²) >= 11 is 4.86. The van der Waals surface area contributed by atoms with Crippen LogP contribution in [-0.4, -0.2) is 38.0 Å². The fraction of sp³-hybridized carbons (Fsp3) is 0.222. The molecule has 0 radical (unpaired) electrons. The Hall–Kier alpha value is -2.06. The highest BCUT2D eigenvalue weighted by Gasteiger charge is 2.31. The number of hydrogen-bond donors (Lipinski definition) is 1. The van der Waals surface area contributed by atoms with Crippen molar-refractivity contribution in [2.24, 2.45) is 0 Å². The molecule has 6 nitrogen and oxygen atoms in total. The first-order chi connectivity index (χ1) is 12.6. The van der Waals surface area contributed by atoms with E-state index in [0.717, 1.165) is 5.56 Å². The van der Waals surface area contributed by atoms with Gasteiger partial charge in [0.25, 0.3) is 5.56 Å². The molecule has 4 rings (SSSR count). The molecule has 1 unspecified atom stereocenters. The van der Waals surface area contributed by atoms with Gasteiger partial charge in [-0.3, -0.25) is 4.79 Å². The molecule has 0 aliphatic carbocycles. The van der Waals surface area contributed by atoms with Gasteiger partial charge in [0.05, 0.1) is 36.3 Å². The lowest BCUT2D eigenvalue weighted by atomic mass is 10.0. The Morgan fingerprint density at radius 2 is 2.00 bits per heavy atom. The van der Waals surface area contributed by atoms with Crippen LogP contribution in [0.25, 0.3) is 10.8 Å². The largest absolute Gasteiger partial charge is 0.596 e. The zero-order valence-corrected chi connectivity index (χ0v) is 15.5. The first-order valence-electron chi connectivity index (χ1n) is 8.21. The van der Waals surface area contributed by atoms with Crippen LogP contribution in [0, 0.1) is 0 Å². The Kier molecular flexibility index (Phi) is 4.86. The summed E-state index contributed by atoms with van der Waals surface area (Å²) in [6.07, 6.45) is 1.50. The van der Waals surface area contributed by atoms with Gasteiger partial charge in [-0.15, -0.1) is 4.31 Å². The monoisotopic (exact) mass is 388 g/mol. The second-order valence-corrected chi connectivity index (χ2v) is 7.91. The van der Waals surface area contributed by atoms with Crippen LogP contribution >= 0.6 is 11.6 Å². The molecule has 1 fully saturated rings. The van der Waals surface area contributed by atoms with Gasteiger partial charge >= 0.3 is 0 Å². The maximum absolute atomic E-state index is 12.8. The first kappa shape index (κ1) is 17.4. The number of benzene rings is 2. The van der Waals surface area contributed by atoms with Crippen LogP contribution < -0.4 is 10.5 Å². The van der Waals surface area contributed by atoms with E-state index in [1.807, 2.05) is 27.4 Å². The molecule has 1 aromatic heterocycles. The molecule has 8 heteroatoms. The molecule has 0 saturated carbocycles. The van der Waals surface area contributed by atoms with E-state index >= 15 is 0 Å². The lowest BCUT2D eigenvalue weighted by Crippen LogP contribution is -2.49. The van der Waals surface area contributed by atoms with E-state index in [1.165, 1.54) is 17.0 Å². The van der Waals surface area contributed by atoms with E-state index in [1.54, 1.807) is 0 Å². The minimum absolute atomic E-state index is 0.0829. The van der Waals surface area contributed by atoms with Crippen LogP contribution in [-0.2, 0) is 17.9 Å². The number of nitrogens with one attached hydrogen (secondary N) is 1. The molecule has 1 N–H and O–H groups in total. The topological polar surface area (TPSA) is 75.3 Å². The second kappa shape index (κ2) is 7.28. The number of rotatable bonds is 3. The van der Waals surface area contributed by atoms with Gasteiger partial charge in [0, 0.05) is 6.54 Å². The summed E-state index contributed by atoms with van der Waals surface area (Å²) in [7, 11) is 0. The van der Waals surface area contributed by atoms with Gasteiger partial charge in [0.1, 0.15) is 5.02 Å². The van der Waals surface area contributed by atoms with Gasteiger partial charge in [0.15, 0.2) is 5.88 Å². The van der Waals surface area contributed by atoms with Gasteiger partial charge in [-0.25, -0.2) is 5.10 Å². The highest BCUT2D eigenvalue weighted by molar-refractivity contribution is 7.89. The van der Waals surface area contributed by atoms with Crippen molar-refractivity contribution in [3.05, 3.63) is 69.6 Å². The summed E-state index contributed by atoms with van der Waals surface area (Å²) in [4.78, 5) is 13.5. The van der Waals surface area contributed by atoms with Crippen molar-refractivity contribution in [2.45, 2.75) is 6.54 Å². The molecule has 0 amide bonds. The minimum atomic E-state index is -1.21. The van der Waals surface area contributed by atoms with Crippen LogP contribution in [0.2, 0.25) is 5.02 Å². The van der Waals surface area contributed by atoms with E-state index in [-0.39, 0.29) is 10.9 Å². The molecule has 0 spiro atoms. The molecule has 1 saturated heterocycles. The van der Waals surface area contributed by atoms with E-state index in [4.69, 9.17) is 11.6 Å². The molecule has 1 aliphatic heterocycles. The fourth-order valence-corrected chi connectivity index (χ4v) is 4.65. The molecule has 26 heavy (non-hydrogen) atoms. The number of fused-ring (bicyclic) bond motifs is 1. The molecule has 3 aromatic rings. The Morgan fingerprint density at radius 1 is 1.19 bits per heavy atom. The Balaban J connectivity index is 1.52. The van der Waals surface area contributed by atoms with Crippen LogP contribution in [0.1, 0.15) is 5.56 Å². The van der Waals surface area contributed by atoms with E-state index in [0.29, 0.717) is 25.3 Å². The molecular formula is C18H17ClN4O2S. The summed E-state index contributed by atoms with van der Waals surface area (Å²) in [5, 5.41) is 8.52. The lowest BCUT2D eigenvalue weighted by Gasteiger charge is -2.36. The average Bonchev–Trinajstić information content (AvgIpc) is 2.66. The Bertz CT molecular complexity index is 991. The molecule has 2 heterocycles. The van der Waals surface area contributed by atoms with Crippen molar-refractivity contribution in [1.29, 1.82) is 0 Å². The normalized spacial score (nSPS) is 18.4. The van der Waals surface area contributed by atoms with Crippen molar-refractivity contribution in [3.63, 3.8) is 0 Å². The van der Waals surface area contributed by atoms with Gasteiger partial charge < -0.3 is 9.45 Å². The van der Waals surface area contributed by atoms with Gasteiger partial charge in [-0.2, -0.15) is 5.10 Å². The quantitative estimate of drug-likeness (QED) is 0.698. The predicted octanol–water partition coefficient (Wildman–Crippen LogP) is 2.52. The summed E-state index contributed by atoms with van der Waals surface area (Å²) in [5.74, 6) is 0.287. The number of aromatic nitrogens is 2. The third-order valence-electron chi connectivity index (χ3n) is 4.52. The summed E-state index contributed by atoms with van der Waals surface area (Å²) in [6, 6.07) is 14.4. The van der Waals surface area contributed by atoms with Crippen LogP contribution in [0.5, 0.6) is 0 Å². The lowest BCUT2D eigenvalue weighted by molar-refractivity contribution is 0.394. The molecule has 1 aliphatic rings. The fourth-order valence-electron chi connectivity index (χ4n) is 3.17. The molecule has 2 aromatic carbocycles. The maximum Gasteiger partial charge on any atom is 0.285 e. The van der Waals surface area contributed by atoms with E-state index < -0.39 is 16.9 Å². The summed E-state index contributed by atoms with van der Waals surface area (Å²) in [6.45, 7) is 1.85. The summed E-state index contributed by atoms with van der Waals surface area (Å²) < 4.78 is 14.7. The van der Waals surface area contributed by atoms with Crippen LogP contribution in [0.15, 0.2) is 53.5 Å². The molecular weight excluding hydrogens is 372 g/mol. The van der Waals surface area contributed by atoms with Crippen molar-refractivity contribution in [2.75, 3.05) is 23.9 Å². The molecule has 134 valence electrons. The standard InChI is InChI=1S/C18H17ClN4O2S/c19-17-16(10-20-21-18(17)24)22-8-9-23(26(25)12-22)11-14-6-3-5-13-4-1-2-7-15(13)14/h1-7,10H,8-9,11-12H2,(H,21,24). The smallest absolute Gasteiger partial charge is 0.285 e. The molecule has 0 bridgehead atoms. The highest BCUT2D eigenvalue weighted by Crippen LogP contribution is 2.26. The van der Waals surface area contributed by atoms with Gasteiger partial charge in [-0.05, 0) is 16.3 Å². The number of H-pyrrole nitrogens is 1. The van der Waals surface area contributed by atoms with Crippen molar-refractivity contribution in [1.82, 2.24) is 14.5 Å². The molecule has 1 atom stereocenters. The van der Waals surface area contributed by atoms with Crippen molar-refractivity contribution >= 4 is 39.4 Å². The van der Waals surface area contributed by atoms with Crippen LogP contribution in [0.4, 0.5) is 5.69 Å². The third-order valence-corrected chi connectivity index (χ3v) is 6.30. The zero-order chi connectivity index (χ0) is 18.1. The Labute approximate surface area is 158 Å².